The molecule has 0 bridgehead atoms. The van der Waals surface area contributed by atoms with E-state index in [-0.39, 0.29) is 28.1 Å². The SMILES string of the molecule is Cc1oc2nc[nH]c(=O)c2c1C(=O)Nc1ccc(Cl)c(C(F)(F)F)c1. The average molecular weight is 372 g/mol. The van der Waals surface area contributed by atoms with Crippen molar-refractivity contribution in [2.45, 2.75) is 13.1 Å². The van der Waals surface area contributed by atoms with Crippen molar-refractivity contribution in [3.63, 3.8) is 0 Å². The molecule has 130 valence electrons. The number of anilines is 1. The Balaban J connectivity index is 2.02. The number of halogens is 4. The molecule has 0 unspecified atom stereocenters. The third-order valence-electron chi connectivity index (χ3n) is 3.43. The monoisotopic (exact) mass is 371 g/mol. The first-order chi connectivity index (χ1) is 11.7. The molecule has 3 aromatic rings. The summed E-state index contributed by atoms with van der Waals surface area (Å²) < 4.78 is 43.9. The predicted octanol–water partition coefficient (Wildman–Crippen LogP) is 3.75. The molecule has 0 saturated heterocycles. The highest BCUT2D eigenvalue weighted by atomic mass is 35.5. The van der Waals surface area contributed by atoms with Gasteiger partial charge < -0.3 is 14.7 Å². The van der Waals surface area contributed by atoms with Crippen molar-refractivity contribution in [1.29, 1.82) is 0 Å². The molecule has 2 aromatic heterocycles. The summed E-state index contributed by atoms with van der Waals surface area (Å²) in [5, 5.41) is 1.74. The number of rotatable bonds is 2. The number of carbonyl (C=O) groups is 1. The maximum Gasteiger partial charge on any atom is 0.417 e. The zero-order chi connectivity index (χ0) is 18.4. The summed E-state index contributed by atoms with van der Waals surface area (Å²) in [5.74, 6) is -0.688. The second kappa shape index (κ2) is 5.92. The van der Waals surface area contributed by atoms with Crippen LogP contribution in [0.25, 0.3) is 11.1 Å². The molecule has 0 aliphatic heterocycles. The Morgan fingerprint density at radius 1 is 1.36 bits per heavy atom. The lowest BCUT2D eigenvalue weighted by molar-refractivity contribution is -0.137. The Bertz CT molecular complexity index is 1040. The van der Waals surface area contributed by atoms with E-state index >= 15 is 0 Å². The smallest absolute Gasteiger partial charge is 0.417 e. The number of amides is 1. The lowest BCUT2D eigenvalue weighted by Crippen LogP contribution is -2.17. The highest BCUT2D eigenvalue weighted by molar-refractivity contribution is 6.31. The third-order valence-corrected chi connectivity index (χ3v) is 3.76. The Kier molecular flexibility index (Phi) is 4.03. The van der Waals surface area contributed by atoms with Crippen LogP contribution in [-0.4, -0.2) is 15.9 Å². The van der Waals surface area contributed by atoms with E-state index in [0.29, 0.717) is 6.07 Å². The van der Waals surface area contributed by atoms with Crippen LogP contribution in [0.15, 0.2) is 33.7 Å². The van der Waals surface area contributed by atoms with E-state index in [1.165, 1.54) is 13.0 Å². The van der Waals surface area contributed by atoms with Crippen LogP contribution in [0.5, 0.6) is 0 Å². The van der Waals surface area contributed by atoms with E-state index < -0.39 is 28.2 Å². The van der Waals surface area contributed by atoms with Crippen molar-refractivity contribution >= 4 is 34.3 Å². The molecule has 1 amide bonds. The lowest BCUT2D eigenvalue weighted by atomic mass is 10.1. The third kappa shape index (κ3) is 3.10. The van der Waals surface area contributed by atoms with Crippen molar-refractivity contribution in [1.82, 2.24) is 9.97 Å². The van der Waals surface area contributed by atoms with Crippen LogP contribution in [0.3, 0.4) is 0 Å². The quantitative estimate of drug-likeness (QED) is 0.718. The fraction of sp³-hybridized carbons (Fsp3) is 0.133. The summed E-state index contributed by atoms with van der Waals surface area (Å²) in [6.45, 7) is 1.44. The molecule has 25 heavy (non-hydrogen) atoms. The number of hydrogen-bond acceptors (Lipinski definition) is 4. The summed E-state index contributed by atoms with van der Waals surface area (Å²) in [5.41, 5.74) is -1.96. The summed E-state index contributed by atoms with van der Waals surface area (Å²) in [6, 6.07) is 2.95. The maximum atomic E-state index is 12.9. The van der Waals surface area contributed by atoms with E-state index in [1.807, 2.05) is 0 Å². The Labute approximate surface area is 142 Å². The van der Waals surface area contributed by atoms with Crippen LogP contribution in [0.1, 0.15) is 21.7 Å². The summed E-state index contributed by atoms with van der Waals surface area (Å²) >= 11 is 5.54. The van der Waals surface area contributed by atoms with E-state index in [9.17, 15) is 22.8 Å². The molecule has 0 spiro atoms. The molecule has 0 atom stereocenters. The molecule has 2 N–H and O–H groups in total. The number of alkyl halides is 3. The van der Waals surface area contributed by atoms with Gasteiger partial charge in [0.05, 0.1) is 22.5 Å². The molecular weight excluding hydrogens is 363 g/mol. The van der Waals surface area contributed by atoms with Gasteiger partial charge in [-0.1, -0.05) is 11.6 Å². The number of nitrogens with zero attached hydrogens (tertiary/aromatic N) is 1. The van der Waals surface area contributed by atoms with Crippen LogP contribution >= 0.6 is 11.6 Å². The van der Waals surface area contributed by atoms with E-state index in [4.69, 9.17) is 16.0 Å². The molecule has 6 nitrogen and oxygen atoms in total. The van der Waals surface area contributed by atoms with Gasteiger partial charge in [-0.2, -0.15) is 13.2 Å². The van der Waals surface area contributed by atoms with Gasteiger partial charge >= 0.3 is 6.18 Å². The molecular formula is C15H9ClF3N3O3. The van der Waals surface area contributed by atoms with Crippen molar-refractivity contribution in [2.24, 2.45) is 0 Å². The number of fused-ring (bicyclic) bond motifs is 1. The molecule has 0 saturated carbocycles. The average Bonchev–Trinajstić information content (AvgIpc) is 2.85. The Hall–Kier alpha value is -2.81. The lowest BCUT2D eigenvalue weighted by Gasteiger charge is -2.11. The van der Waals surface area contributed by atoms with E-state index in [0.717, 1.165) is 12.4 Å². The molecule has 1 aromatic carbocycles. The predicted molar refractivity (Wildman–Crippen MR) is 83.8 cm³/mol. The first kappa shape index (κ1) is 17.0. The van der Waals surface area contributed by atoms with Crippen molar-refractivity contribution < 1.29 is 22.4 Å². The molecule has 3 rings (SSSR count). The number of furan rings is 1. The normalized spacial score (nSPS) is 11.7. The van der Waals surface area contributed by atoms with Crippen molar-refractivity contribution in [3.05, 3.63) is 56.8 Å². The number of aromatic amines is 1. The van der Waals surface area contributed by atoms with Gasteiger partial charge in [0.2, 0.25) is 5.71 Å². The van der Waals surface area contributed by atoms with Gasteiger partial charge in [-0.05, 0) is 25.1 Å². The van der Waals surface area contributed by atoms with Gasteiger partial charge in [-0.3, -0.25) is 9.59 Å². The van der Waals surface area contributed by atoms with E-state index in [1.54, 1.807) is 0 Å². The maximum absolute atomic E-state index is 12.9. The van der Waals surface area contributed by atoms with Crippen LogP contribution in [0, 0.1) is 6.92 Å². The van der Waals surface area contributed by atoms with E-state index in [2.05, 4.69) is 15.3 Å². The molecule has 10 heteroatoms. The zero-order valence-corrected chi connectivity index (χ0v) is 13.2. The topological polar surface area (TPSA) is 88.0 Å². The second-order valence-corrected chi connectivity index (χ2v) is 5.50. The minimum absolute atomic E-state index is 0.0431. The molecule has 0 aliphatic carbocycles. The first-order valence-corrected chi connectivity index (χ1v) is 7.21. The highest BCUT2D eigenvalue weighted by Gasteiger charge is 2.33. The number of nitrogens with one attached hydrogen (secondary N) is 2. The minimum Gasteiger partial charge on any atom is -0.442 e. The minimum atomic E-state index is -4.67. The van der Waals surface area contributed by atoms with Crippen molar-refractivity contribution in [2.75, 3.05) is 5.32 Å². The summed E-state index contributed by atoms with van der Waals surface area (Å²) in [4.78, 5) is 30.5. The summed E-state index contributed by atoms with van der Waals surface area (Å²) in [6.07, 6.45) is -3.55. The van der Waals surface area contributed by atoms with Crippen LogP contribution in [-0.2, 0) is 6.18 Å². The number of aromatic nitrogens is 2. The van der Waals surface area contributed by atoms with Crippen LogP contribution in [0.2, 0.25) is 5.02 Å². The fourth-order valence-corrected chi connectivity index (χ4v) is 2.57. The van der Waals surface area contributed by atoms with Crippen molar-refractivity contribution in [3.8, 4) is 0 Å². The number of H-pyrrole nitrogens is 1. The Morgan fingerprint density at radius 2 is 2.08 bits per heavy atom. The molecule has 0 radical (unpaired) electrons. The molecule has 0 aliphatic rings. The van der Waals surface area contributed by atoms with Gasteiger partial charge in [-0.15, -0.1) is 0 Å². The van der Waals surface area contributed by atoms with Gasteiger partial charge in [-0.25, -0.2) is 4.98 Å². The van der Waals surface area contributed by atoms with Crippen LogP contribution in [0.4, 0.5) is 18.9 Å². The van der Waals surface area contributed by atoms with Crippen LogP contribution < -0.4 is 10.9 Å². The van der Waals surface area contributed by atoms with Gasteiger partial charge in [0.25, 0.3) is 11.5 Å². The molecule has 2 heterocycles. The van der Waals surface area contributed by atoms with Gasteiger partial charge in [0, 0.05) is 5.69 Å². The van der Waals surface area contributed by atoms with Gasteiger partial charge in [0.15, 0.2) is 0 Å². The second-order valence-electron chi connectivity index (χ2n) is 5.09. The number of aryl methyl sites for hydroxylation is 1. The summed E-state index contributed by atoms with van der Waals surface area (Å²) in [7, 11) is 0. The largest absolute Gasteiger partial charge is 0.442 e. The zero-order valence-electron chi connectivity index (χ0n) is 12.5. The van der Waals surface area contributed by atoms with Gasteiger partial charge in [0.1, 0.15) is 11.1 Å². The number of carbonyl (C=O) groups excluding carboxylic acids is 1. The molecule has 0 fully saturated rings. The fourth-order valence-electron chi connectivity index (χ4n) is 2.34. The number of benzene rings is 1. The first-order valence-electron chi connectivity index (χ1n) is 6.83. The Morgan fingerprint density at radius 3 is 2.76 bits per heavy atom. The number of hydrogen-bond donors (Lipinski definition) is 2. The highest BCUT2D eigenvalue weighted by Crippen LogP contribution is 2.36. The standard InChI is InChI=1S/C15H9ClF3N3O3/c1-6-10(11-12(23)20-5-21-14(11)25-6)13(24)22-7-2-3-9(16)8(4-7)15(17,18)19/h2-5H,1H3,(H,22,24)(H,20,21,23).